The molecular formula is C23H29NO3. The molecule has 2 aromatic carbocycles. The molecule has 0 fully saturated rings. The summed E-state index contributed by atoms with van der Waals surface area (Å²) >= 11 is 0. The van der Waals surface area contributed by atoms with Gasteiger partial charge in [0.25, 0.3) is 5.91 Å². The largest absolute Gasteiger partial charge is 0.494 e. The third-order valence-electron chi connectivity index (χ3n) is 5.38. The first-order valence-electron chi connectivity index (χ1n) is 9.92. The third-order valence-corrected chi connectivity index (χ3v) is 5.38. The number of benzene rings is 2. The molecule has 0 bridgehead atoms. The van der Waals surface area contributed by atoms with Gasteiger partial charge < -0.3 is 14.8 Å². The molecule has 1 amide bonds. The van der Waals surface area contributed by atoms with Crippen LogP contribution >= 0.6 is 0 Å². The molecule has 0 radical (unpaired) electrons. The Morgan fingerprint density at radius 3 is 2.48 bits per heavy atom. The molecule has 1 N–H and O–H groups in total. The summed E-state index contributed by atoms with van der Waals surface area (Å²) in [5.41, 5.74) is 1.46. The van der Waals surface area contributed by atoms with E-state index < -0.39 is 0 Å². The highest BCUT2D eigenvalue weighted by atomic mass is 16.5. The van der Waals surface area contributed by atoms with E-state index in [0.29, 0.717) is 12.2 Å². The van der Waals surface area contributed by atoms with Crippen molar-refractivity contribution in [2.75, 3.05) is 6.61 Å². The Bertz CT molecular complexity index is 765. The number of carbonyl (C=O) groups is 1. The van der Waals surface area contributed by atoms with E-state index in [0.717, 1.165) is 42.7 Å². The van der Waals surface area contributed by atoms with Gasteiger partial charge in [0.05, 0.1) is 12.6 Å². The molecule has 0 saturated heterocycles. The molecule has 1 aliphatic rings. The van der Waals surface area contributed by atoms with Gasteiger partial charge >= 0.3 is 0 Å². The van der Waals surface area contributed by atoms with Crippen LogP contribution in [0.1, 0.15) is 68.4 Å². The van der Waals surface area contributed by atoms with E-state index in [2.05, 4.69) is 26.1 Å². The number of hydrogen-bond donors (Lipinski definition) is 1. The first kappa shape index (κ1) is 19.3. The van der Waals surface area contributed by atoms with Gasteiger partial charge in [0.1, 0.15) is 17.1 Å². The van der Waals surface area contributed by atoms with E-state index in [4.69, 9.17) is 9.47 Å². The van der Waals surface area contributed by atoms with Crippen molar-refractivity contribution in [1.82, 2.24) is 5.32 Å². The van der Waals surface area contributed by atoms with Gasteiger partial charge in [0.15, 0.2) is 0 Å². The molecule has 1 atom stereocenters. The number of rotatable bonds is 7. The second-order valence-corrected chi connectivity index (χ2v) is 7.13. The second kappa shape index (κ2) is 8.47. The summed E-state index contributed by atoms with van der Waals surface area (Å²) in [7, 11) is 0. The van der Waals surface area contributed by atoms with E-state index in [9.17, 15) is 4.79 Å². The Balaban J connectivity index is 1.78. The standard InChI is InChI=1S/C23H29NO3/c1-4-15-26-18-13-11-17(12-14-18)22(25)24-20-16-23(5-2,6-3)27-21-10-8-7-9-19(20)21/h7-14,20H,4-6,15-16H2,1-3H3,(H,24,25). The zero-order chi connectivity index (χ0) is 19.3. The number of para-hydroxylation sites is 1. The number of nitrogens with one attached hydrogen (secondary N) is 1. The van der Waals surface area contributed by atoms with Crippen molar-refractivity contribution in [1.29, 1.82) is 0 Å². The van der Waals surface area contributed by atoms with Gasteiger partial charge in [-0.1, -0.05) is 39.0 Å². The van der Waals surface area contributed by atoms with Crippen LogP contribution in [0.15, 0.2) is 48.5 Å². The number of ether oxygens (including phenoxy) is 2. The Morgan fingerprint density at radius 1 is 1.11 bits per heavy atom. The van der Waals surface area contributed by atoms with Crippen LogP contribution in [0.5, 0.6) is 11.5 Å². The molecular weight excluding hydrogens is 338 g/mol. The Hall–Kier alpha value is -2.49. The summed E-state index contributed by atoms with van der Waals surface area (Å²) in [5, 5.41) is 3.22. The summed E-state index contributed by atoms with van der Waals surface area (Å²) in [5.74, 6) is 1.60. The zero-order valence-electron chi connectivity index (χ0n) is 16.5. The van der Waals surface area contributed by atoms with Crippen LogP contribution in [0.4, 0.5) is 0 Å². The van der Waals surface area contributed by atoms with Gasteiger partial charge in [-0.25, -0.2) is 0 Å². The van der Waals surface area contributed by atoms with Crippen LogP contribution in [0.3, 0.4) is 0 Å². The lowest BCUT2D eigenvalue weighted by molar-refractivity contribution is 0.0227. The molecule has 144 valence electrons. The monoisotopic (exact) mass is 367 g/mol. The normalized spacial score (nSPS) is 17.5. The lowest BCUT2D eigenvalue weighted by atomic mass is 9.83. The minimum Gasteiger partial charge on any atom is -0.494 e. The zero-order valence-corrected chi connectivity index (χ0v) is 16.5. The first-order valence-corrected chi connectivity index (χ1v) is 9.92. The molecule has 4 nitrogen and oxygen atoms in total. The number of carbonyl (C=O) groups excluding carboxylic acids is 1. The quantitative estimate of drug-likeness (QED) is 0.723. The number of fused-ring (bicyclic) bond motifs is 1. The minimum atomic E-state index is -0.232. The number of hydrogen-bond acceptors (Lipinski definition) is 3. The van der Waals surface area contributed by atoms with Crippen LogP contribution in [0.25, 0.3) is 0 Å². The Kier molecular flexibility index (Phi) is 6.04. The van der Waals surface area contributed by atoms with Crippen molar-refractivity contribution in [3.05, 3.63) is 59.7 Å². The van der Waals surface area contributed by atoms with Crippen molar-refractivity contribution in [3.63, 3.8) is 0 Å². The molecule has 0 spiro atoms. The van der Waals surface area contributed by atoms with Gasteiger partial charge in [-0.2, -0.15) is 0 Å². The molecule has 0 aliphatic carbocycles. The average Bonchev–Trinajstić information content (AvgIpc) is 2.72. The highest BCUT2D eigenvalue weighted by Crippen LogP contribution is 2.42. The van der Waals surface area contributed by atoms with E-state index in [1.54, 1.807) is 0 Å². The van der Waals surface area contributed by atoms with Crippen LogP contribution in [0, 0.1) is 0 Å². The topological polar surface area (TPSA) is 47.6 Å². The van der Waals surface area contributed by atoms with E-state index in [-0.39, 0.29) is 17.6 Å². The third kappa shape index (κ3) is 4.26. The fourth-order valence-electron chi connectivity index (χ4n) is 3.59. The minimum absolute atomic E-state index is 0.0571. The van der Waals surface area contributed by atoms with Gasteiger partial charge in [-0.05, 0) is 49.6 Å². The smallest absolute Gasteiger partial charge is 0.251 e. The van der Waals surface area contributed by atoms with Crippen molar-refractivity contribution in [2.24, 2.45) is 0 Å². The molecule has 0 aromatic heterocycles. The van der Waals surface area contributed by atoms with Crippen molar-refractivity contribution >= 4 is 5.91 Å². The molecule has 3 rings (SSSR count). The van der Waals surface area contributed by atoms with Gasteiger partial charge in [-0.15, -0.1) is 0 Å². The average molecular weight is 367 g/mol. The maximum atomic E-state index is 12.8. The maximum Gasteiger partial charge on any atom is 0.251 e. The maximum absolute atomic E-state index is 12.8. The molecule has 0 saturated carbocycles. The molecule has 1 unspecified atom stereocenters. The highest BCUT2D eigenvalue weighted by Gasteiger charge is 2.38. The fraction of sp³-hybridized carbons (Fsp3) is 0.435. The number of amides is 1. The summed E-state index contributed by atoms with van der Waals surface area (Å²) < 4.78 is 11.9. The molecule has 1 aliphatic heterocycles. The van der Waals surface area contributed by atoms with Crippen molar-refractivity contribution in [2.45, 2.75) is 58.1 Å². The summed E-state index contributed by atoms with van der Waals surface area (Å²) in [6.45, 7) is 7.04. The van der Waals surface area contributed by atoms with Gasteiger partial charge in [0.2, 0.25) is 0 Å². The predicted molar refractivity (Wildman–Crippen MR) is 107 cm³/mol. The van der Waals surface area contributed by atoms with E-state index >= 15 is 0 Å². The lowest BCUT2D eigenvalue weighted by Gasteiger charge is -2.41. The van der Waals surface area contributed by atoms with Crippen LogP contribution in [-0.4, -0.2) is 18.1 Å². The van der Waals surface area contributed by atoms with E-state index in [1.165, 1.54) is 0 Å². The Labute approximate surface area is 161 Å². The van der Waals surface area contributed by atoms with E-state index in [1.807, 2.05) is 48.5 Å². The van der Waals surface area contributed by atoms with Crippen LogP contribution in [-0.2, 0) is 0 Å². The highest BCUT2D eigenvalue weighted by molar-refractivity contribution is 5.94. The van der Waals surface area contributed by atoms with Crippen LogP contribution in [0.2, 0.25) is 0 Å². The molecule has 4 heteroatoms. The van der Waals surface area contributed by atoms with Crippen molar-refractivity contribution in [3.8, 4) is 11.5 Å². The van der Waals surface area contributed by atoms with Gasteiger partial charge in [0, 0.05) is 17.5 Å². The summed E-state index contributed by atoms with van der Waals surface area (Å²) in [6, 6.07) is 15.3. The first-order chi connectivity index (χ1) is 13.1. The Morgan fingerprint density at radius 2 is 1.81 bits per heavy atom. The molecule has 27 heavy (non-hydrogen) atoms. The second-order valence-electron chi connectivity index (χ2n) is 7.13. The van der Waals surface area contributed by atoms with Crippen molar-refractivity contribution < 1.29 is 14.3 Å². The van der Waals surface area contributed by atoms with Crippen LogP contribution < -0.4 is 14.8 Å². The molecule has 1 heterocycles. The SMILES string of the molecule is CCCOc1ccc(C(=O)NC2CC(CC)(CC)Oc3ccccc32)cc1. The fourth-order valence-corrected chi connectivity index (χ4v) is 3.59. The predicted octanol–water partition coefficient (Wildman–Crippen LogP) is 5.29. The summed E-state index contributed by atoms with van der Waals surface area (Å²) in [6.07, 6.45) is 3.56. The van der Waals surface area contributed by atoms with Gasteiger partial charge in [-0.3, -0.25) is 4.79 Å². The molecule has 2 aromatic rings. The summed E-state index contributed by atoms with van der Waals surface area (Å²) in [4.78, 5) is 12.8. The lowest BCUT2D eigenvalue weighted by Crippen LogP contribution is -2.44.